The summed E-state index contributed by atoms with van der Waals surface area (Å²) in [5.74, 6) is -9.37. The minimum atomic E-state index is -6.35. The van der Waals surface area contributed by atoms with E-state index in [1.54, 1.807) is 6.92 Å². The molecule has 5 nitrogen and oxygen atoms in total. The Hall–Kier alpha value is -6.62. The lowest BCUT2D eigenvalue weighted by Crippen LogP contribution is -2.70. The second kappa shape index (κ2) is 17.5. The maximum atomic E-state index is 15.7. The average Bonchev–Trinajstić information content (AvgIpc) is 3.22. The van der Waals surface area contributed by atoms with E-state index in [2.05, 4.69) is 0 Å². The van der Waals surface area contributed by atoms with Crippen molar-refractivity contribution >= 4 is 11.8 Å². The molecule has 0 saturated carbocycles. The van der Waals surface area contributed by atoms with Gasteiger partial charge in [0.2, 0.25) is 0 Å². The molecule has 64 heavy (non-hydrogen) atoms. The number of aliphatic hydroxyl groups is 1. The molecule has 0 spiro atoms. The molecule has 0 radical (unpaired) electrons. The van der Waals surface area contributed by atoms with Crippen molar-refractivity contribution in [3.8, 4) is 0 Å². The first kappa shape index (κ1) is 46.9. The minimum absolute atomic E-state index is 0.0662. The summed E-state index contributed by atoms with van der Waals surface area (Å²) in [5.41, 5.74) is -15.7. The summed E-state index contributed by atoms with van der Waals surface area (Å²) in [4.78, 5) is 29.2. The van der Waals surface area contributed by atoms with Crippen molar-refractivity contribution in [3.05, 3.63) is 213 Å². The molecule has 6 aromatic carbocycles. The zero-order valence-electron chi connectivity index (χ0n) is 33.1. The summed E-state index contributed by atoms with van der Waals surface area (Å²) in [6.07, 6.45) is -18.4. The van der Waals surface area contributed by atoms with Gasteiger partial charge in [0.1, 0.15) is 17.5 Å². The lowest BCUT2D eigenvalue weighted by atomic mass is 9.75. The molecule has 3 N–H and O–H groups in total. The number of rotatable bonds is 12. The molecule has 0 aliphatic carbocycles. The average molecular weight is 903 g/mol. The third-order valence-corrected chi connectivity index (χ3v) is 10.7. The van der Waals surface area contributed by atoms with Crippen LogP contribution >= 0.6 is 0 Å². The van der Waals surface area contributed by atoms with Crippen LogP contribution in [0.25, 0.3) is 0 Å². The Morgan fingerprint density at radius 1 is 0.453 bits per heavy atom. The van der Waals surface area contributed by atoms with Gasteiger partial charge in [0.15, 0.2) is 0 Å². The quantitative estimate of drug-likeness (QED) is 0.0846. The first-order chi connectivity index (χ1) is 29.9. The van der Waals surface area contributed by atoms with Gasteiger partial charge in [-0.3, -0.25) is 9.59 Å². The van der Waals surface area contributed by atoms with E-state index in [0.29, 0.717) is 29.8 Å². The minimum Gasteiger partial charge on any atom is -0.365 e. The second-order valence-corrected chi connectivity index (χ2v) is 15.1. The zero-order valence-corrected chi connectivity index (χ0v) is 33.1. The van der Waals surface area contributed by atoms with Crippen molar-refractivity contribution < 1.29 is 67.4 Å². The number of carbonyl (C=O) groups is 2. The van der Waals surface area contributed by atoms with Gasteiger partial charge in [0, 0.05) is 12.8 Å². The lowest BCUT2D eigenvalue weighted by Gasteiger charge is -2.42. The Kier molecular flexibility index (Phi) is 12.8. The number of nitrogens with one attached hydrogen (secondary N) is 2. The fourth-order valence-electron chi connectivity index (χ4n) is 7.42. The van der Waals surface area contributed by atoms with Gasteiger partial charge in [-0.15, -0.1) is 0 Å². The Labute approximate surface area is 357 Å². The van der Waals surface area contributed by atoms with Crippen LogP contribution in [-0.4, -0.2) is 28.7 Å². The molecule has 0 fully saturated rings. The molecule has 6 aromatic rings. The van der Waals surface area contributed by atoms with Crippen LogP contribution in [0.15, 0.2) is 146 Å². The van der Waals surface area contributed by atoms with Crippen LogP contribution in [0, 0.1) is 24.4 Å². The molecule has 3 atom stereocenters. The number of carbonyl (C=O) groups excluding carboxylic acids is 2. The summed E-state index contributed by atoms with van der Waals surface area (Å²) >= 11 is 0. The van der Waals surface area contributed by atoms with Gasteiger partial charge in [-0.2, -0.15) is 39.5 Å². The number of amides is 2. The molecule has 334 valence electrons. The van der Waals surface area contributed by atoms with Crippen LogP contribution in [0.3, 0.4) is 0 Å². The van der Waals surface area contributed by atoms with Crippen LogP contribution in [0.5, 0.6) is 0 Å². The molecule has 17 heteroatoms. The van der Waals surface area contributed by atoms with Gasteiger partial charge in [-0.25, -0.2) is 13.2 Å². The van der Waals surface area contributed by atoms with Gasteiger partial charge in [0.05, 0.1) is 22.2 Å². The number of halogens is 12. The molecule has 0 heterocycles. The molecule has 0 aromatic heterocycles. The van der Waals surface area contributed by atoms with E-state index in [1.165, 1.54) is 84.9 Å². The van der Waals surface area contributed by atoms with E-state index in [-0.39, 0.29) is 28.8 Å². The summed E-state index contributed by atoms with van der Waals surface area (Å²) in [6.45, 7) is 1.58. The normalized spacial score (nSPS) is 15.0. The monoisotopic (exact) mass is 902 g/mol. The van der Waals surface area contributed by atoms with Crippen LogP contribution in [0.4, 0.5) is 52.7 Å². The van der Waals surface area contributed by atoms with Gasteiger partial charge in [0.25, 0.3) is 11.8 Å². The van der Waals surface area contributed by atoms with Crippen molar-refractivity contribution in [2.75, 3.05) is 0 Å². The number of hydrogen-bond acceptors (Lipinski definition) is 3. The van der Waals surface area contributed by atoms with E-state index >= 15 is 22.0 Å². The number of alkyl halides is 9. The number of benzene rings is 6. The fraction of sp³-hybridized carbons (Fsp3) is 0.191. The van der Waals surface area contributed by atoms with Crippen molar-refractivity contribution in [1.82, 2.24) is 10.6 Å². The molecular weight excluding hydrogens is 869 g/mol. The highest BCUT2D eigenvalue weighted by atomic mass is 19.4. The van der Waals surface area contributed by atoms with Crippen molar-refractivity contribution in [3.63, 3.8) is 0 Å². The number of hydrogen-bond donors (Lipinski definition) is 3. The molecule has 0 aliphatic heterocycles. The Morgan fingerprint density at radius 2 is 0.797 bits per heavy atom. The van der Waals surface area contributed by atoms with Crippen molar-refractivity contribution in [1.29, 1.82) is 0 Å². The highest BCUT2D eigenvalue weighted by molar-refractivity contribution is 6.10. The van der Waals surface area contributed by atoms with Crippen LogP contribution in [-0.2, 0) is 45.9 Å². The first-order valence-corrected chi connectivity index (χ1v) is 19.0. The zero-order chi connectivity index (χ0) is 46.9. The largest absolute Gasteiger partial charge is 0.435 e. The molecule has 2 amide bonds. The summed E-state index contributed by atoms with van der Waals surface area (Å²) in [5, 5.41) is 15.6. The molecule has 0 saturated heterocycles. The van der Waals surface area contributed by atoms with Crippen LogP contribution < -0.4 is 10.6 Å². The smallest absolute Gasteiger partial charge is 0.365 e. The van der Waals surface area contributed by atoms with Crippen LogP contribution in [0.2, 0.25) is 0 Å². The lowest BCUT2D eigenvalue weighted by molar-refractivity contribution is -0.246. The summed E-state index contributed by atoms with van der Waals surface area (Å²) < 4.78 is 177. The number of aryl methyl sites for hydroxylation is 1. The Balaban J connectivity index is 1.62. The third-order valence-electron chi connectivity index (χ3n) is 10.7. The van der Waals surface area contributed by atoms with Gasteiger partial charge < -0.3 is 15.7 Å². The first-order valence-electron chi connectivity index (χ1n) is 19.0. The van der Waals surface area contributed by atoms with E-state index in [1.807, 2.05) is 10.6 Å². The van der Waals surface area contributed by atoms with E-state index in [9.17, 15) is 45.4 Å². The van der Waals surface area contributed by atoms with Crippen molar-refractivity contribution in [2.45, 2.75) is 55.0 Å². The van der Waals surface area contributed by atoms with Crippen molar-refractivity contribution in [2.24, 2.45) is 0 Å². The predicted octanol–water partition coefficient (Wildman–Crippen LogP) is 10.6. The summed E-state index contributed by atoms with van der Waals surface area (Å²) in [7, 11) is 0. The fourth-order valence-corrected chi connectivity index (χ4v) is 7.42. The molecular formula is C47H34F12N2O3. The second-order valence-electron chi connectivity index (χ2n) is 15.1. The SMILES string of the molecule is Cc1ccc([C@@](Cc2ccccc2)(NC(=O)C(O)(C(=O)N[C@](Cc2ccccc2)(c2ccc(F)cc2)c2cc(F)cc(C(F)(F)F)c2)C(F)(F)F)c2cc(F)cc(C(F)(F)F)c2)cc1. The molecule has 1 unspecified atom stereocenters. The van der Waals surface area contributed by atoms with Gasteiger partial charge >= 0.3 is 24.1 Å². The molecule has 0 aliphatic rings. The van der Waals surface area contributed by atoms with Crippen LogP contribution in [0.1, 0.15) is 50.1 Å². The molecule has 0 bridgehead atoms. The predicted molar refractivity (Wildman–Crippen MR) is 210 cm³/mol. The van der Waals surface area contributed by atoms with Gasteiger partial charge in [-0.1, -0.05) is 103 Å². The maximum absolute atomic E-state index is 15.7. The van der Waals surface area contributed by atoms with E-state index in [4.69, 9.17) is 0 Å². The topological polar surface area (TPSA) is 78.4 Å². The van der Waals surface area contributed by atoms with Gasteiger partial charge in [-0.05, 0) is 88.8 Å². The Morgan fingerprint density at radius 3 is 1.14 bits per heavy atom. The van der Waals surface area contributed by atoms with E-state index < -0.39 is 105 Å². The third kappa shape index (κ3) is 9.63. The highest BCUT2D eigenvalue weighted by Crippen LogP contribution is 2.43. The van der Waals surface area contributed by atoms with E-state index in [0.717, 1.165) is 24.3 Å². The maximum Gasteiger partial charge on any atom is 0.435 e. The summed E-state index contributed by atoms with van der Waals surface area (Å²) in [6, 6.07) is 24.4. The molecule has 6 rings (SSSR count). The highest BCUT2D eigenvalue weighted by Gasteiger charge is 2.67. The standard InChI is InChI=1S/C47H34F12N2O3/c1-28-12-14-31(15-13-28)42(26-29-8-4-2-5-9-29,33-20-35(45(51,52)53)24-38(49)22-33)60-40(62)44(64,47(57,58)59)41(63)61-43(27-30-10-6-3-7-11-30,32-16-18-37(48)19-17-32)34-21-36(46(54,55)56)25-39(50)23-34/h2-25,64H,26-27H2,1H3,(H,60,62)(H,61,63)/t42-,43-,44?/m1/s1. The Bertz CT molecular complexity index is 2440.